The first-order chi connectivity index (χ1) is 7.22. The quantitative estimate of drug-likeness (QED) is 0.671. The monoisotopic (exact) mass is 200 g/mol. The summed E-state index contributed by atoms with van der Waals surface area (Å²) in [5.74, 6) is 1.74. The molecule has 0 bridgehead atoms. The van der Waals surface area contributed by atoms with Gasteiger partial charge in [-0.1, -0.05) is 0 Å². The molecular weight excluding hydrogens is 192 g/mol. The Hall–Kier alpha value is -2.29. The predicted molar refractivity (Wildman–Crippen MR) is 51.1 cm³/mol. The Morgan fingerprint density at radius 1 is 1.27 bits per heavy atom. The molecule has 0 atom stereocenters. The summed E-state index contributed by atoms with van der Waals surface area (Å²) in [6, 6.07) is 1.97. The Morgan fingerprint density at radius 3 is 2.60 bits per heavy atom. The number of rotatable bonds is 1. The largest absolute Gasteiger partial charge is 0.240 e. The highest BCUT2D eigenvalue weighted by Crippen LogP contribution is 2.08. The van der Waals surface area contributed by atoms with Crippen LogP contribution in [-0.4, -0.2) is 24.7 Å². The van der Waals surface area contributed by atoms with Crippen molar-refractivity contribution in [2.24, 2.45) is 0 Å². The van der Waals surface area contributed by atoms with Crippen LogP contribution in [0.3, 0.4) is 0 Å². The van der Waals surface area contributed by atoms with Crippen molar-refractivity contribution in [2.75, 3.05) is 0 Å². The summed E-state index contributed by atoms with van der Waals surface area (Å²) in [5.41, 5.74) is 0.241. The molecular formula is C9H8N6. The second-order valence-corrected chi connectivity index (χ2v) is 2.96. The maximum atomic E-state index is 8.86. The highest BCUT2D eigenvalue weighted by molar-refractivity contribution is 5.36. The average molecular weight is 200 g/mol. The standard InChI is InChI=1S/C9H8N6/c1-6-13-7(2)15(14-6)9-8(5-10)11-3-4-12-9/h3-4H,1-2H3. The lowest BCUT2D eigenvalue weighted by molar-refractivity contribution is 0.792. The average Bonchev–Trinajstić information content (AvgIpc) is 2.57. The van der Waals surface area contributed by atoms with E-state index in [9.17, 15) is 0 Å². The van der Waals surface area contributed by atoms with Gasteiger partial charge in [0, 0.05) is 12.4 Å². The van der Waals surface area contributed by atoms with Gasteiger partial charge in [0.15, 0.2) is 11.5 Å². The van der Waals surface area contributed by atoms with Crippen LogP contribution in [0.5, 0.6) is 0 Å². The third-order valence-electron chi connectivity index (χ3n) is 1.86. The van der Waals surface area contributed by atoms with E-state index >= 15 is 0 Å². The molecule has 2 rings (SSSR count). The van der Waals surface area contributed by atoms with Crippen LogP contribution >= 0.6 is 0 Å². The minimum absolute atomic E-state index is 0.241. The molecule has 6 heteroatoms. The normalized spacial score (nSPS) is 9.93. The molecule has 2 heterocycles. The van der Waals surface area contributed by atoms with E-state index in [1.54, 1.807) is 13.8 Å². The number of nitrogens with zero attached hydrogens (tertiary/aromatic N) is 6. The Balaban J connectivity index is 2.64. The van der Waals surface area contributed by atoms with Gasteiger partial charge in [-0.3, -0.25) is 0 Å². The van der Waals surface area contributed by atoms with Crippen LogP contribution in [0.15, 0.2) is 12.4 Å². The minimum atomic E-state index is 0.241. The molecule has 0 amide bonds. The van der Waals surface area contributed by atoms with Gasteiger partial charge in [0.25, 0.3) is 0 Å². The fraction of sp³-hybridized carbons (Fsp3) is 0.222. The van der Waals surface area contributed by atoms with E-state index in [0.717, 1.165) is 0 Å². The lowest BCUT2D eigenvalue weighted by Crippen LogP contribution is -2.06. The smallest absolute Gasteiger partial charge is 0.192 e. The number of aromatic nitrogens is 5. The number of hydrogen-bond donors (Lipinski definition) is 0. The van der Waals surface area contributed by atoms with Crippen molar-refractivity contribution in [1.82, 2.24) is 24.7 Å². The SMILES string of the molecule is Cc1nc(C)n(-c2nccnc2C#N)n1. The second-order valence-electron chi connectivity index (χ2n) is 2.96. The first-order valence-corrected chi connectivity index (χ1v) is 4.34. The lowest BCUT2D eigenvalue weighted by Gasteiger charge is -2.01. The van der Waals surface area contributed by atoms with Crippen molar-refractivity contribution in [2.45, 2.75) is 13.8 Å². The molecule has 15 heavy (non-hydrogen) atoms. The first-order valence-electron chi connectivity index (χ1n) is 4.34. The summed E-state index contributed by atoms with van der Waals surface area (Å²) in [4.78, 5) is 12.1. The summed E-state index contributed by atoms with van der Waals surface area (Å²) in [7, 11) is 0. The molecule has 0 aliphatic rings. The topological polar surface area (TPSA) is 80.3 Å². The zero-order chi connectivity index (χ0) is 10.8. The molecule has 0 saturated carbocycles. The van der Waals surface area contributed by atoms with Crippen LogP contribution in [0.2, 0.25) is 0 Å². The molecule has 0 aromatic carbocycles. The van der Waals surface area contributed by atoms with Gasteiger partial charge in [0.05, 0.1) is 0 Å². The summed E-state index contributed by atoms with van der Waals surface area (Å²) in [6.45, 7) is 3.59. The molecule has 0 aliphatic heterocycles. The van der Waals surface area contributed by atoms with Crippen molar-refractivity contribution in [3.63, 3.8) is 0 Å². The number of hydrogen-bond acceptors (Lipinski definition) is 5. The van der Waals surface area contributed by atoms with Crippen LogP contribution in [0, 0.1) is 25.2 Å². The number of aryl methyl sites for hydroxylation is 2. The van der Waals surface area contributed by atoms with Gasteiger partial charge in [-0.15, -0.1) is 5.10 Å². The summed E-state index contributed by atoms with van der Waals surface area (Å²) in [6.07, 6.45) is 2.99. The summed E-state index contributed by atoms with van der Waals surface area (Å²) < 4.78 is 1.51. The molecule has 0 N–H and O–H groups in total. The predicted octanol–water partition coefficient (Wildman–Crippen LogP) is 0.546. The van der Waals surface area contributed by atoms with E-state index in [-0.39, 0.29) is 5.69 Å². The van der Waals surface area contributed by atoms with Gasteiger partial charge >= 0.3 is 0 Å². The highest BCUT2D eigenvalue weighted by atomic mass is 15.4. The molecule has 0 radical (unpaired) electrons. The molecule has 2 aromatic heterocycles. The fourth-order valence-corrected chi connectivity index (χ4v) is 1.29. The van der Waals surface area contributed by atoms with Gasteiger partial charge < -0.3 is 0 Å². The van der Waals surface area contributed by atoms with Crippen LogP contribution in [-0.2, 0) is 0 Å². The van der Waals surface area contributed by atoms with Crippen molar-refractivity contribution in [1.29, 1.82) is 5.26 Å². The number of nitriles is 1. The van der Waals surface area contributed by atoms with Crippen LogP contribution in [0.25, 0.3) is 5.82 Å². The van der Waals surface area contributed by atoms with E-state index < -0.39 is 0 Å². The van der Waals surface area contributed by atoms with Gasteiger partial charge in [-0.05, 0) is 13.8 Å². The van der Waals surface area contributed by atoms with E-state index in [1.807, 2.05) is 6.07 Å². The zero-order valence-corrected chi connectivity index (χ0v) is 8.34. The summed E-state index contributed by atoms with van der Waals surface area (Å²) in [5, 5.41) is 13.0. The third kappa shape index (κ3) is 1.55. The van der Waals surface area contributed by atoms with Gasteiger partial charge in [0.1, 0.15) is 17.7 Å². The maximum absolute atomic E-state index is 8.86. The molecule has 2 aromatic rings. The maximum Gasteiger partial charge on any atom is 0.192 e. The molecule has 0 aliphatic carbocycles. The molecule has 6 nitrogen and oxygen atoms in total. The van der Waals surface area contributed by atoms with Crippen LogP contribution < -0.4 is 0 Å². The zero-order valence-electron chi connectivity index (χ0n) is 8.34. The Morgan fingerprint density at radius 2 is 2.00 bits per heavy atom. The molecule has 74 valence electrons. The lowest BCUT2D eigenvalue weighted by atomic mass is 10.4. The van der Waals surface area contributed by atoms with Gasteiger partial charge in [-0.25, -0.2) is 15.0 Å². The molecule has 0 saturated heterocycles. The van der Waals surface area contributed by atoms with Crippen LogP contribution in [0.1, 0.15) is 17.3 Å². The van der Waals surface area contributed by atoms with Crippen molar-refractivity contribution < 1.29 is 0 Å². The second kappa shape index (κ2) is 3.46. The molecule has 0 spiro atoms. The van der Waals surface area contributed by atoms with Gasteiger partial charge in [0.2, 0.25) is 0 Å². The van der Waals surface area contributed by atoms with Gasteiger partial charge in [-0.2, -0.15) is 9.94 Å². The molecule has 0 fully saturated rings. The third-order valence-corrected chi connectivity index (χ3v) is 1.86. The first kappa shape index (κ1) is 9.27. The fourth-order valence-electron chi connectivity index (χ4n) is 1.29. The van der Waals surface area contributed by atoms with Crippen LogP contribution in [0.4, 0.5) is 0 Å². The summed E-state index contributed by atoms with van der Waals surface area (Å²) >= 11 is 0. The Labute approximate surface area is 86.2 Å². The Kier molecular flexibility index (Phi) is 2.14. The van der Waals surface area contributed by atoms with E-state index in [0.29, 0.717) is 17.5 Å². The van der Waals surface area contributed by atoms with Crippen molar-refractivity contribution in [3.8, 4) is 11.9 Å². The van der Waals surface area contributed by atoms with Crippen molar-refractivity contribution >= 4 is 0 Å². The highest BCUT2D eigenvalue weighted by Gasteiger charge is 2.11. The Bertz CT molecular complexity index is 536. The molecule has 0 unspecified atom stereocenters. The van der Waals surface area contributed by atoms with E-state index in [1.165, 1.54) is 17.1 Å². The minimum Gasteiger partial charge on any atom is -0.240 e. The van der Waals surface area contributed by atoms with Crippen molar-refractivity contribution in [3.05, 3.63) is 29.7 Å². The van der Waals surface area contributed by atoms with E-state index in [4.69, 9.17) is 5.26 Å². The van der Waals surface area contributed by atoms with E-state index in [2.05, 4.69) is 20.1 Å².